The van der Waals surface area contributed by atoms with Crippen LogP contribution < -0.4 is 10.4 Å². The summed E-state index contributed by atoms with van der Waals surface area (Å²) >= 11 is 0. The normalized spacial score (nSPS) is 18.0. The third kappa shape index (κ3) is 2.80. The van der Waals surface area contributed by atoms with E-state index >= 15 is 0 Å². The summed E-state index contributed by atoms with van der Waals surface area (Å²) in [5.74, 6) is 0. The molecule has 5 heterocycles. The Labute approximate surface area is 215 Å². The SMILES string of the molecule is Cc1cc2nc3c4cc5cc6c7c(c5oc4c(C#N)c(=N)n3c2cc1C)C(C)(C)CCN7CCC6(C)C. The molecule has 1 N–H and O–H groups in total. The van der Waals surface area contributed by atoms with Crippen LogP contribution >= 0.6 is 0 Å². The smallest absolute Gasteiger partial charge is 0.160 e. The Morgan fingerprint density at radius 2 is 1.68 bits per heavy atom. The molecule has 5 aromatic rings. The molecule has 2 aliphatic rings. The summed E-state index contributed by atoms with van der Waals surface area (Å²) in [5, 5.41) is 21.0. The van der Waals surface area contributed by atoms with Crippen LogP contribution in [0.4, 0.5) is 5.69 Å². The topological polar surface area (TPSA) is 81.3 Å². The summed E-state index contributed by atoms with van der Waals surface area (Å²) in [7, 11) is 0. The van der Waals surface area contributed by atoms with Gasteiger partial charge in [-0.05, 0) is 78.5 Å². The van der Waals surface area contributed by atoms with Crippen LogP contribution in [-0.2, 0) is 10.8 Å². The molecule has 6 heteroatoms. The third-order valence-electron chi connectivity index (χ3n) is 9.08. The average Bonchev–Trinajstić information content (AvgIpc) is 3.20. The number of hydrogen-bond acceptors (Lipinski definition) is 5. The molecule has 0 fully saturated rings. The van der Waals surface area contributed by atoms with Gasteiger partial charge in [-0.1, -0.05) is 27.7 Å². The van der Waals surface area contributed by atoms with Gasteiger partial charge in [0.15, 0.2) is 16.7 Å². The van der Waals surface area contributed by atoms with E-state index in [4.69, 9.17) is 14.8 Å². The zero-order valence-electron chi connectivity index (χ0n) is 22.3. The van der Waals surface area contributed by atoms with Crippen molar-refractivity contribution in [2.75, 3.05) is 18.0 Å². The highest BCUT2D eigenvalue weighted by Crippen LogP contribution is 2.52. The van der Waals surface area contributed by atoms with Gasteiger partial charge in [-0.15, -0.1) is 0 Å². The average molecular weight is 490 g/mol. The number of imidazole rings is 1. The summed E-state index contributed by atoms with van der Waals surface area (Å²) in [5.41, 5.74) is 10.2. The summed E-state index contributed by atoms with van der Waals surface area (Å²) in [6, 6.07) is 10.9. The van der Waals surface area contributed by atoms with E-state index in [-0.39, 0.29) is 21.9 Å². The molecule has 7 rings (SSSR count). The number of anilines is 1. The van der Waals surface area contributed by atoms with Crippen molar-refractivity contribution in [3.05, 3.63) is 57.6 Å². The fraction of sp³-hybridized carbons (Fsp3) is 0.387. The van der Waals surface area contributed by atoms with Crippen LogP contribution in [0.3, 0.4) is 0 Å². The van der Waals surface area contributed by atoms with Crippen LogP contribution in [0.5, 0.6) is 0 Å². The van der Waals surface area contributed by atoms with Gasteiger partial charge in [-0.3, -0.25) is 9.81 Å². The maximum absolute atomic E-state index is 10.2. The lowest BCUT2D eigenvalue weighted by Crippen LogP contribution is -2.44. The molecule has 0 amide bonds. The molecule has 6 nitrogen and oxygen atoms in total. The summed E-state index contributed by atoms with van der Waals surface area (Å²) in [6.45, 7) is 15.5. The summed E-state index contributed by atoms with van der Waals surface area (Å²) in [6.07, 6.45) is 2.16. The Kier molecular flexibility index (Phi) is 4.18. The molecule has 0 aliphatic carbocycles. The fourth-order valence-corrected chi connectivity index (χ4v) is 6.58. The summed E-state index contributed by atoms with van der Waals surface area (Å²) in [4.78, 5) is 7.49. The zero-order chi connectivity index (χ0) is 26.0. The van der Waals surface area contributed by atoms with E-state index in [0.29, 0.717) is 11.2 Å². The molecule has 2 aromatic carbocycles. The number of aromatic nitrogens is 2. The molecule has 2 aliphatic heterocycles. The van der Waals surface area contributed by atoms with Gasteiger partial charge in [0.05, 0.1) is 16.4 Å². The van der Waals surface area contributed by atoms with E-state index < -0.39 is 0 Å². The van der Waals surface area contributed by atoms with Crippen LogP contribution in [0.1, 0.15) is 68.4 Å². The van der Waals surface area contributed by atoms with Crippen molar-refractivity contribution in [1.29, 1.82) is 10.7 Å². The van der Waals surface area contributed by atoms with Crippen LogP contribution in [0.2, 0.25) is 0 Å². The number of nitrogens with zero attached hydrogens (tertiary/aromatic N) is 4. The second-order valence-corrected chi connectivity index (χ2v) is 12.3. The predicted molar refractivity (Wildman–Crippen MR) is 148 cm³/mol. The maximum atomic E-state index is 10.2. The lowest BCUT2D eigenvalue weighted by atomic mass is 9.69. The Morgan fingerprint density at radius 1 is 0.973 bits per heavy atom. The Hall–Kier alpha value is -3.85. The number of pyridine rings is 1. The minimum absolute atomic E-state index is 0.0619. The van der Waals surface area contributed by atoms with Crippen LogP contribution in [-0.4, -0.2) is 22.5 Å². The van der Waals surface area contributed by atoms with Crippen molar-refractivity contribution >= 4 is 44.3 Å². The molecule has 0 radical (unpaired) electrons. The van der Waals surface area contributed by atoms with Gasteiger partial charge in [0.1, 0.15) is 17.2 Å². The molecular weight excluding hydrogens is 458 g/mol. The largest absolute Gasteiger partial charge is 0.454 e. The number of benzene rings is 2. The second-order valence-electron chi connectivity index (χ2n) is 12.3. The molecule has 0 atom stereocenters. The summed E-state index contributed by atoms with van der Waals surface area (Å²) < 4.78 is 8.56. The van der Waals surface area contributed by atoms with Crippen molar-refractivity contribution in [2.24, 2.45) is 0 Å². The molecule has 0 saturated carbocycles. The predicted octanol–water partition coefficient (Wildman–Crippen LogP) is 6.52. The zero-order valence-corrected chi connectivity index (χ0v) is 22.3. The van der Waals surface area contributed by atoms with Crippen LogP contribution in [0.25, 0.3) is 38.6 Å². The molecule has 0 saturated heterocycles. The van der Waals surface area contributed by atoms with Crippen LogP contribution in [0, 0.1) is 30.6 Å². The first-order valence-corrected chi connectivity index (χ1v) is 13.1. The van der Waals surface area contributed by atoms with Gasteiger partial charge in [0.2, 0.25) is 0 Å². The molecule has 0 bridgehead atoms. The van der Waals surface area contributed by atoms with Gasteiger partial charge in [0, 0.05) is 29.7 Å². The third-order valence-corrected chi connectivity index (χ3v) is 9.08. The van der Waals surface area contributed by atoms with E-state index in [1.807, 2.05) is 4.40 Å². The number of nitrogens with one attached hydrogen (secondary N) is 1. The number of rotatable bonds is 0. The van der Waals surface area contributed by atoms with E-state index in [1.54, 1.807) is 0 Å². The number of fused-ring (bicyclic) bond motifs is 7. The molecule has 0 unspecified atom stereocenters. The Bertz CT molecular complexity index is 1950. The number of aryl methyl sites for hydroxylation is 2. The lowest BCUT2D eigenvalue weighted by Gasteiger charge is -2.48. The first-order chi connectivity index (χ1) is 17.5. The van der Waals surface area contributed by atoms with Gasteiger partial charge in [0.25, 0.3) is 0 Å². The van der Waals surface area contributed by atoms with Crippen molar-refractivity contribution in [3.63, 3.8) is 0 Å². The van der Waals surface area contributed by atoms with E-state index in [0.717, 1.165) is 64.4 Å². The highest BCUT2D eigenvalue weighted by molar-refractivity contribution is 6.04. The van der Waals surface area contributed by atoms with E-state index in [2.05, 4.69) is 76.8 Å². The fourth-order valence-electron chi connectivity index (χ4n) is 6.58. The van der Waals surface area contributed by atoms with Crippen molar-refractivity contribution in [3.8, 4) is 6.07 Å². The van der Waals surface area contributed by atoms with E-state index in [9.17, 15) is 5.26 Å². The number of nitriles is 1. The lowest BCUT2D eigenvalue weighted by molar-refractivity contribution is 0.401. The Balaban J connectivity index is 1.71. The quantitative estimate of drug-likeness (QED) is 0.251. The van der Waals surface area contributed by atoms with Crippen molar-refractivity contribution < 1.29 is 4.42 Å². The van der Waals surface area contributed by atoms with Crippen molar-refractivity contribution in [2.45, 2.75) is 65.2 Å². The standard InChI is InChI=1S/C31H31N5O/c1-16-11-22-23(12-17(16)2)36-28(33)20(15-32)27-19(29(36)34-22)13-18-14-21-25-24(26(18)37-27)31(5,6)8-10-35(25)9-7-30(21,3)4/h11-14,33H,7-10H2,1-6H3. The first kappa shape index (κ1) is 22.4. The molecular formula is C31H31N5O. The first-order valence-electron chi connectivity index (χ1n) is 13.1. The second kappa shape index (κ2) is 6.92. The monoisotopic (exact) mass is 489 g/mol. The highest BCUT2D eigenvalue weighted by atomic mass is 16.3. The molecule has 186 valence electrons. The van der Waals surface area contributed by atoms with Gasteiger partial charge in [-0.25, -0.2) is 4.98 Å². The molecule has 37 heavy (non-hydrogen) atoms. The van der Waals surface area contributed by atoms with Gasteiger partial charge in [-0.2, -0.15) is 5.26 Å². The van der Waals surface area contributed by atoms with Gasteiger partial charge >= 0.3 is 0 Å². The van der Waals surface area contributed by atoms with Gasteiger partial charge < -0.3 is 9.32 Å². The van der Waals surface area contributed by atoms with Crippen molar-refractivity contribution in [1.82, 2.24) is 9.38 Å². The molecule has 3 aromatic heterocycles. The van der Waals surface area contributed by atoms with E-state index in [1.165, 1.54) is 16.8 Å². The minimum Gasteiger partial charge on any atom is -0.454 e. The highest BCUT2D eigenvalue weighted by Gasteiger charge is 2.42. The Morgan fingerprint density at radius 3 is 2.41 bits per heavy atom. The maximum Gasteiger partial charge on any atom is 0.160 e. The minimum atomic E-state index is -0.0670. The number of hydrogen-bond donors (Lipinski definition) is 1. The van der Waals surface area contributed by atoms with Crippen LogP contribution in [0.15, 0.2) is 28.7 Å². The molecule has 0 spiro atoms.